The first-order valence-corrected chi connectivity index (χ1v) is 8.84. The zero-order valence-electron chi connectivity index (χ0n) is 13.9. The third-order valence-corrected chi connectivity index (χ3v) is 3.01. The maximum Gasteiger partial charge on any atom is 0.0270 e. The van der Waals surface area contributed by atoms with E-state index in [2.05, 4.69) is 10.3 Å². The Kier molecular flexibility index (Phi) is 12.9. The largest absolute Gasteiger partial charge is 0.787 e. The maximum absolute atomic E-state index is 8.22. The van der Waals surface area contributed by atoms with Gasteiger partial charge in [0.25, 0.3) is 0 Å². The summed E-state index contributed by atoms with van der Waals surface area (Å²) >= 11 is 10.9. The molecule has 1 aromatic carbocycles. The molecule has 0 N–H and O–H groups in total. The van der Waals surface area contributed by atoms with Gasteiger partial charge in [-0.1, -0.05) is 32.0 Å². The van der Waals surface area contributed by atoms with Crippen molar-refractivity contribution >= 4 is 30.9 Å². The van der Waals surface area contributed by atoms with Gasteiger partial charge in [0.1, 0.15) is 5.75 Å². The average Bonchev–Trinajstić information content (AvgIpc) is 2.63. The third-order valence-electron chi connectivity index (χ3n) is 2.59. The number of pyridine rings is 1. The van der Waals surface area contributed by atoms with E-state index >= 15 is 0 Å². The Morgan fingerprint density at radius 3 is 2.17 bits per heavy atom. The van der Waals surface area contributed by atoms with Crippen LogP contribution in [0.3, 0.4) is 0 Å². The van der Waals surface area contributed by atoms with Crippen LogP contribution in [0.25, 0.3) is 5.32 Å². The van der Waals surface area contributed by atoms with Crippen LogP contribution < -0.4 is 4.74 Å². The molecule has 1 aromatic heterocycles. The van der Waals surface area contributed by atoms with E-state index in [1.807, 2.05) is 56.3 Å². The zero-order chi connectivity index (χ0) is 18.4. The number of hydrogen-bond donors (Lipinski definition) is 0. The second kappa shape index (κ2) is 13.4. The maximum atomic E-state index is 8.22. The van der Waals surface area contributed by atoms with Gasteiger partial charge in [0, 0.05) is 11.9 Å². The van der Waals surface area contributed by atoms with Gasteiger partial charge in [-0.2, -0.15) is 4.75 Å². The Hall–Kier alpha value is -0.881. The molecule has 130 valence electrons. The van der Waals surface area contributed by atoms with Crippen molar-refractivity contribution in [3.8, 4) is 5.75 Å². The van der Waals surface area contributed by atoms with E-state index in [-0.39, 0.29) is 4.75 Å². The molecular weight excluding hydrogens is 427 g/mol. The van der Waals surface area contributed by atoms with Crippen LogP contribution in [0.4, 0.5) is 5.69 Å². The average molecular weight is 448 g/mol. The van der Waals surface area contributed by atoms with Gasteiger partial charge in [0.2, 0.25) is 0 Å². The van der Waals surface area contributed by atoms with Crippen LogP contribution >= 0.6 is 0 Å². The fraction of sp³-hybridized carbons (Fsp3) is 0.353. The van der Waals surface area contributed by atoms with Crippen molar-refractivity contribution in [3.05, 3.63) is 59.7 Å². The molecule has 24 heavy (non-hydrogen) atoms. The van der Waals surface area contributed by atoms with Crippen molar-refractivity contribution in [2.75, 3.05) is 13.7 Å². The fourth-order valence-corrected chi connectivity index (χ4v) is 1.69. The van der Waals surface area contributed by atoms with Gasteiger partial charge in [-0.3, -0.25) is 4.98 Å². The molecule has 0 saturated carbocycles. The van der Waals surface area contributed by atoms with Crippen LogP contribution in [0.2, 0.25) is 0 Å². The van der Waals surface area contributed by atoms with Crippen LogP contribution in [0, 0.1) is 0 Å². The molecule has 0 fully saturated rings. The first-order valence-electron chi connectivity index (χ1n) is 7.10. The predicted molar refractivity (Wildman–Crippen MR) is 98.3 cm³/mol. The van der Waals surface area contributed by atoms with E-state index in [0.717, 1.165) is 36.0 Å². The monoisotopic (exact) mass is 448 g/mol. The van der Waals surface area contributed by atoms with Crippen molar-refractivity contribution < 1.29 is 27.1 Å². The van der Waals surface area contributed by atoms with Gasteiger partial charge in [-0.15, -0.1) is 18.0 Å². The molecule has 0 amide bonds. The smallest absolute Gasteiger partial charge is 0.0270 e. The molecule has 0 radical (unpaired) electrons. The van der Waals surface area contributed by atoms with Crippen molar-refractivity contribution in [2.24, 2.45) is 0 Å². The summed E-state index contributed by atoms with van der Waals surface area (Å²) in [6.45, 7) is 4.65. The van der Waals surface area contributed by atoms with E-state index in [9.17, 15) is 0 Å². The second-order valence-corrected chi connectivity index (χ2v) is 6.63. The van der Waals surface area contributed by atoms with Gasteiger partial charge >= 0.3 is 22.4 Å². The SMILES string of the molecule is COc1ccc([N-]CC(C)(C)[S-])cc1.[O]=[99Tc+3].[S-]Cc1ccccn1. The summed E-state index contributed by atoms with van der Waals surface area (Å²) in [7, 11) is 1.65. The number of aromatic nitrogens is 1. The minimum atomic E-state index is -0.167. The molecule has 0 unspecified atom stereocenters. The number of hydrogen-bond acceptors (Lipinski definition) is 5. The van der Waals surface area contributed by atoms with Crippen LogP contribution in [-0.4, -0.2) is 23.4 Å². The number of rotatable bonds is 5. The Labute approximate surface area is 166 Å². The number of benzene rings is 1. The summed E-state index contributed by atoms with van der Waals surface area (Å²) in [5.74, 6) is 1.46. The molecule has 2 aromatic rings. The summed E-state index contributed by atoms with van der Waals surface area (Å²) in [5.41, 5.74) is 1.92. The van der Waals surface area contributed by atoms with Crippen molar-refractivity contribution in [2.45, 2.75) is 24.3 Å². The summed E-state index contributed by atoms with van der Waals surface area (Å²) in [6.07, 6.45) is 1.75. The van der Waals surface area contributed by atoms with E-state index in [1.54, 1.807) is 13.3 Å². The molecule has 0 bridgehead atoms. The molecule has 7 heteroatoms. The summed E-state index contributed by atoms with van der Waals surface area (Å²) in [5, 5.41) is 4.39. The van der Waals surface area contributed by atoms with Crippen LogP contribution in [-0.2, 0) is 53.4 Å². The zero-order valence-corrected chi connectivity index (χ0v) is 17.4. The first-order chi connectivity index (χ1) is 11.4. The normalized spacial score (nSPS) is 9.67. The fourth-order valence-electron chi connectivity index (χ4n) is 1.45. The van der Waals surface area contributed by atoms with Crippen LogP contribution in [0.1, 0.15) is 19.5 Å². The van der Waals surface area contributed by atoms with E-state index in [1.165, 1.54) is 0 Å². The first kappa shape index (κ1) is 23.1. The quantitative estimate of drug-likeness (QED) is 0.647. The molecule has 1 heterocycles. The summed E-state index contributed by atoms with van der Waals surface area (Å²) in [4.78, 5) is 3.99. The molecular formula is C17H21N2O2S2Tc. The molecule has 0 aliphatic heterocycles. The van der Waals surface area contributed by atoms with Gasteiger partial charge < -0.3 is 35.3 Å². The molecule has 0 atom stereocenters. The van der Waals surface area contributed by atoms with Crippen LogP contribution in [0.15, 0.2) is 48.7 Å². The standard InChI is InChI=1S/C11H16NOS.C6H7NS.O.Tc/c1-11(2,14)8-12-9-4-6-10(13-3)7-5-9;8-5-6-3-1-2-4-7-6;;/h4-7,14H,8H2,1-3H3;1-4,8H,5H2;;/q-1;;;+3/p-2/i;;;1+1. The summed E-state index contributed by atoms with van der Waals surface area (Å²) < 4.78 is 13.1. The Morgan fingerprint density at radius 1 is 1.17 bits per heavy atom. The second-order valence-electron chi connectivity index (χ2n) is 5.24. The Balaban J connectivity index is 0.000000447. The van der Waals surface area contributed by atoms with Gasteiger partial charge in [-0.05, 0) is 24.3 Å². The van der Waals surface area contributed by atoms with Crippen molar-refractivity contribution in [1.29, 1.82) is 0 Å². The molecule has 0 aliphatic carbocycles. The van der Waals surface area contributed by atoms with Crippen molar-refractivity contribution in [3.63, 3.8) is 0 Å². The molecule has 4 nitrogen and oxygen atoms in total. The predicted octanol–water partition coefficient (Wildman–Crippen LogP) is 4.03. The summed E-state index contributed by atoms with van der Waals surface area (Å²) in [6, 6.07) is 13.4. The van der Waals surface area contributed by atoms with Crippen molar-refractivity contribution in [1.82, 2.24) is 4.98 Å². The van der Waals surface area contributed by atoms with Gasteiger partial charge in [0.15, 0.2) is 0 Å². The number of ether oxygens (including phenoxy) is 1. The Morgan fingerprint density at radius 2 is 1.79 bits per heavy atom. The minimum absolute atomic E-state index is 0.167. The van der Waals surface area contributed by atoms with E-state index in [0.29, 0.717) is 12.3 Å². The van der Waals surface area contributed by atoms with Gasteiger partial charge in [-0.25, -0.2) is 0 Å². The number of nitrogens with zero attached hydrogens (tertiary/aromatic N) is 2. The Bertz CT molecular complexity index is 549. The van der Waals surface area contributed by atoms with Gasteiger partial charge in [0.05, 0.1) is 7.11 Å². The molecule has 2 rings (SSSR count). The van der Waals surface area contributed by atoms with E-state index in [4.69, 9.17) is 33.5 Å². The van der Waals surface area contributed by atoms with E-state index < -0.39 is 0 Å². The molecule has 0 saturated heterocycles. The topological polar surface area (TPSA) is 53.3 Å². The van der Waals surface area contributed by atoms with Crippen LogP contribution in [0.5, 0.6) is 5.75 Å². The number of methoxy groups -OCH3 is 1. The molecule has 0 aliphatic rings. The third kappa shape index (κ3) is 11.6. The minimum Gasteiger partial charge on any atom is -0.787 e. The molecule has 0 spiro atoms.